The van der Waals surface area contributed by atoms with Gasteiger partial charge in [-0.1, -0.05) is 22.9 Å². The van der Waals surface area contributed by atoms with E-state index in [1.165, 1.54) is 0 Å². The average molecular weight is 384 g/mol. The number of benzene rings is 1. The van der Waals surface area contributed by atoms with Crippen LogP contribution in [0.2, 0.25) is 0 Å². The summed E-state index contributed by atoms with van der Waals surface area (Å²) in [5, 5.41) is 2.90. The zero-order valence-electron chi connectivity index (χ0n) is 9.47. The number of halogens is 3. The first-order valence-electron chi connectivity index (χ1n) is 5.33. The lowest BCUT2D eigenvalue weighted by Gasteiger charge is -2.12. The molecule has 1 unspecified atom stereocenters. The van der Waals surface area contributed by atoms with Crippen LogP contribution in [0.3, 0.4) is 0 Å². The van der Waals surface area contributed by atoms with E-state index in [1.807, 2.05) is 12.1 Å². The first kappa shape index (κ1) is 15.0. The number of hydrogen-bond acceptors (Lipinski definition) is 1. The minimum Gasteiger partial charge on any atom is -0.352 e. The van der Waals surface area contributed by atoms with Crippen molar-refractivity contribution in [2.24, 2.45) is 5.92 Å². The zero-order chi connectivity index (χ0) is 12.8. The first-order valence-corrected chi connectivity index (χ1v) is 7.46. The molecule has 2 nitrogen and oxygen atoms in total. The third kappa shape index (κ3) is 4.98. The van der Waals surface area contributed by atoms with Gasteiger partial charge in [-0.15, -0.1) is 11.6 Å². The Morgan fingerprint density at radius 1 is 1.47 bits per heavy atom. The SMILES string of the molecule is CC(CCCl)CNC(=O)c1cc(Br)ccc1Br. The van der Waals surface area contributed by atoms with Gasteiger partial charge in [-0.25, -0.2) is 0 Å². The largest absolute Gasteiger partial charge is 0.352 e. The van der Waals surface area contributed by atoms with Crippen molar-refractivity contribution in [1.82, 2.24) is 5.32 Å². The van der Waals surface area contributed by atoms with Gasteiger partial charge in [0.05, 0.1) is 5.56 Å². The van der Waals surface area contributed by atoms with Crippen LogP contribution in [0.1, 0.15) is 23.7 Å². The maximum Gasteiger partial charge on any atom is 0.252 e. The lowest BCUT2D eigenvalue weighted by Crippen LogP contribution is -2.28. The van der Waals surface area contributed by atoms with Crippen molar-refractivity contribution >= 4 is 49.4 Å². The molecule has 17 heavy (non-hydrogen) atoms. The molecular formula is C12H14Br2ClNO. The van der Waals surface area contributed by atoms with Gasteiger partial charge in [-0.2, -0.15) is 0 Å². The molecule has 1 amide bonds. The van der Waals surface area contributed by atoms with Gasteiger partial charge in [-0.05, 0) is 46.5 Å². The minimum atomic E-state index is -0.0698. The maximum absolute atomic E-state index is 11.9. The van der Waals surface area contributed by atoms with Crippen molar-refractivity contribution < 1.29 is 4.79 Å². The Kier molecular flexibility index (Phi) is 6.52. The van der Waals surface area contributed by atoms with Crippen LogP contribution >= 0.6 is 43.5 Å². The zero-order valence-corrected chi connectivity index (χ0v) is 13.4. The summed E-state index contributed by atoms with van der Waals surface area (Å²) >= 11 is 12.4. The van der Waals surface area contributed by atoms with Crippen molar-refractivity contribution in [2.45, 2.75) is 13.3 Å². The number of nitrogens with one attached hydrogen (secondary N) is 1. The van der Waals surface area contributed by atoms with Crippen LogP contribution in [-0.2, 0) is 0 Å². The van der Waals surface area contributed by atoms with Crippen LogP contribution in [0.5, 0.6) is 0 Å². The lowest BCUT2D eigenvalue weighted by molar-refractivity contribution is 0.0947. The monoisotopic (exact) mass is 381 g/mol. The summed E-state index contributed by atoms with van der Waals surface area (Å²) in [6, 6.07) is 5.53. The highest BCUT2D eigenvalue weighted by molar-refractivity contribution is 9.11. The van der Waals surface area contributed by atoms with E-state index in [0.29, 0.717) is 23.9 Å². The summed E-state index contributed by atoms with van der Waals surface area (Å²) in [5.41, 5.74) is 0.637. The third-order valence-electron chi connectivity index (χ3n) is 2.39. The average Bonchev–Trinajstić information content (AvgIpc) is 2.29. The van der Waals surface area contributed by atoms with Gasteiger partial charge in [0.2, 0.25) is 0 Å². The maximum atomic E-state index is 11.9. The summed E-state index contributed by atoms with van der Waals surface area (Å²) < 4.78 is 1.68. The Balaban J connectivity index is 2.61. The molecule has 0 radical (unpaired) electrons. The van der Waals surface area contributed by atoms with Crippen LogP contribution in [0.15, 0.2) is 27.1 Å². The van der Waals surface area contributed by atoms with Crippen molar-refractivity contribution in [3.05, 3.63) is 32.7 Å². The molecule has 0 aliphatic carbocycles. The highest BCUT2D eigenvalue weighted by atomic mass is 79.9. The molecule has 1 atom stereocenters. The second-order valence-corrected chi connectivity index (χ2v) is 6.06. The third-order valence-corrected chi connectivity index (χ3v) is 3.79. The Bertz CT molecular complexity index is 398. The molecule has 0 aliphatic rings. The summed E-state index contributed by atoms with van der Waals surface area (Å²) in [6.45, 7) is 2.71. The van der Waals surface area contributed by atoms with Gasteiger partial charge in [0.15, 0.2) is 0 Å². The molecule has 0 bridgehead atoms. The second kappa shape index (κ2) is 7.39. The molecular weight excluding hydrogens is 369 g/mol. The predicted molar refractivity (Wildman–Crippen MR) is 78.7 cm³/mol. The Morgan fingerprint density at radius 3 is 2.82 bits per heavy atom. The molecule has 0 spiro atoms. The van der Waals surface area contributed by atoms with Gasteiger partial charge in [0.25, 0.3) is 5.91 Å². The second-order valence-electron chi connectivity index (χ2n) is 3.92. The molecule has 0 aliphatic heterocycles. The van der Waals surface area contributed by atoms with E-state index < -0.39 is 0 Å². The Hall–Kier alpha value is -0.0600. The van der Waals surface area contributed by atoms with Crippen molar-refractivity contribution in [1.29, 1.82) is 0 Å². The predicted octanol–water partition coefficient (Wildman–Crippen LogP) is 4.21. The standard InChI is InChI=1S/C12H14Br2ClNO/c1-8(4-5-15)7-16-12(17)10-6-9(13)2-3-11(10)14/h2-3,6,8H,4-5,7H2,1H3,(H,16,17). The molecule has 0 saturated heterocycles. The summed E-state index contributed by atoms with van der Waals surface area (Å²) in [4.78, 5) is 11.9. The molecule has 5 heteroatoms. The molecule has 1 aromatic rings. The molecule has 1 N–H and O–H groups in total. The fourth-order valence-electron chi connectivity index (χ4n) is 1.32. The highest BCUT2D eigenvalue weighted by Gasteiger charge is 2.11. The van der Waals surface area contributed by atoms with Crippen LogP contribution in [0, 0.1) is 5.92 Å². The summed E-state index contributed by atoms with van der Waals surface area (Å²) in [6.07, 6.45) is 0.904. The molecule has 94 valence electrons. The number of carbonyl (C=O) groups excluding carboxylic acids is 1. The summed E-state index contributed by atoms with van der Waals surface area (Å²) in [7, 11) is 0. The molecule has 1 rings (SSSR count). The van der Waals surface area contributed by atoms with Crippen LogP contribution < -0.4 is 5.32 Å². The minimum absolute atomic E-state index is 0.0698. The van der Waals surface area contributed by atoms with Crippen molar-refractivity contribution in [3.8, 4) is 0 Å². The fourth-order valence-corrected chi connectivity index (χ4v) is 2.48. The normalized spacial score (nSPS) is 12.2. The van der Waals surface area contributed by atoms with Crippen LogP contribution in [0.25, 0.3) is 0 Å². The first-order chi connectivity index (χ1) is 8.04. The fraction of sp³-hybridized carbons (Fsp3) is 0.417. The van der Waals surface area contributed by atoms with E-state index in [9.17, 15) is 4.79 Å². The quantitative estimate of drug-likeness (QED) is 0.759. The number of alkyl halides is 1. The van der Waals surface area contributed by atoms with Crippen molar-refractivity contribution in [2.75, 3.05) is 12.4 Å². The molecule has 0 fully saturated rings. The molecule has 1 aromatic carbocycles. The smallest absolute Gasteiger partial charge is 0.252 e. The number of rotatable bonds is 5. The highest BCUT2D eigenvalue weighted by Crippen LogP contribution is 2.21. The van der Waals surface area contributed by atoms with E-state index in [2.05, 4.69) is 44.1 Å². The van der Waals surface area contributed by atoms with Gasteiger partial charge < -0.3 is 5.32 Å². The number of amides is 1. The Labute approximate surface area is 123 Å². The van der Waals surface area contributed by atoms with E-state index in [-0.39, 0.29) is 5.91 Å². The van der Waals surface area contributed by atoms with Crippen molar-refractivity contribution in [3.63, 3.8) is 0 Å². The van der Waals surface area contributed by atoms with Crippen LogP contribution in [0.4, 0.5) is 0 Å². The van der Waals surface area contributed by atoms with Gasteiger partial charge >= 0.3 is 0 Å². The van der Waals surface area contributed by atoms with E-state index in [1.54, 1.807) is 6.07 Å². The topological polar surface area (TPSA) is 29.1 Å². The van der Waals surface area contributed by atoms with Gasteiger partial charge in [-0.3, -0.25) is 4.79 Å². The van der Waals surface area contributed by atoms with Gasteiger partial charge in [0.1, 0.15) is 0 Å². The lowest BCUT2D eigenvalue weighted by atomic mass is 10.1. The molecule has 0 heterocycles. The number of hydrogen-bond donors (Lipinski definition) is 1. The molecule has 0 saturated carbocycles. The number of carbonyl (C=O) groups is 1. The van der Waals surface area contributed by atoms with Gasteiger partial charge in [0, 0.05) is 21.4 Å². The Morgan fingerprint density at radius 2 is 2.18 bits per heavy atom. The van der Waals surface area contributed by atoms with Crippen LogP contribution in [-0.4, -0.2) is 18.3 Å². The van der Waals surface area contributed by atoms with E-state index in [0.717, 1.165) is 15.4 Å². The molecule has 0 aromatic heterocycles. The van der Waals surface area contributed by atoms with E-state index in [4.69, 9.17) is 11.6 Å². The van der Waals surface area contributed by atoms with E-state index >= 15 is 0 Å². The summed E-state index contributed by atoms with van der Waals surface area (Å²) in [5.74, 6) is 0.944.